The van der Waals surface area contributed by atoms with Crippen LogP contribution < -0.4 is 10.5 Å². The van der Waals surface area contributed by atoms with Crippen LogP contribution in [0.4, 0.5) is 0 Å². The molecule has 0 fully saturated rings. The number of pyridine rings is 1. The van der Waals surface area contributed by atoms with E-state index in [1.807, 2.05) is 0 Å². The van der Waals surface area contributed by atoms with Crippen molar-refractivity contribution in [2.24, 2.45) is 5.73 Å². The molecule has 5 heteroatoms. The maximum atomic E-state index is 10.8. The average Bonchev–Trinajstić information content (AvgIpc) is 2.03. The van der Waals surface area contributed by atoms with Gasteiger partial charge in [0.1, 0.15) is 0 Å². The van der Waals surface area contributed by atoms with E-state index in [0.717, 1.165) is 0 Å². The molecule has 4 nitrogen and oxygen atoms in total. The molecule has 0 aliphatic carbocycles. The molecule has 2 N–H and O–H groups in total. The van der Waals surface area contributed by atoms with E-state index in [9.17, 15) is 4.79 Å². The van der Waals surface area contributed by atoms with Crippen molar-refractivity contribution < 1.29 is 9.53 Å². The number of nitrogens with two attached hydrogens (primary N) is 1. The lowest BCUT2D eigenvalue weighted by atomic mass is 10.2. The number of carbonyl (C=O) groups is 1. The quantitative estimate of drug-likeness (QED) is 0.697. The molecule has 0 aromatic carbocycles. The van der Waals surface area contributed by atoms with Gasteiger partial charge in [0.05, 0.1) is 12.7 Å². The van der Waals surface area contributed by atoms with Crippen LogP contribution in [0, 0.1) is 0 Å². The van der Waals surface area contributed by atoms with Crippen LogP contribution in [0.2, 0.25) is 5.15 Å². The van der Waals surface area contributed by atoms with Crippen LogP contribution in [0.25, 0.3) is 0 Å². The van der Waals surface area contributed by atoms with Crippen molar-refractivity contribution >= 4 is 17.5 Å². The second-order valence-electron chi connectivity index (χ2n) is 2.05. The molecule has 0 saturated heterocycles. The van der Waals surface area contributed by atoms with Crippen molar-refractivity contribution in [3.05, 3.63) is 23.0 Å². The fourth-order valence-electron chi connectivity index (χ4n) is 0.811. The predicted molar refractivity (Wildman–Crippen MR) is 44.3 cm³/mol. The number of carbonyl (C=O) groups excluding carboxylic acids is 1. The molecule has 0 bridgehead atoms. The Morgan fingerprint density at radius 2 is 2.42 bits per heavy atom. The van der Waals surface area contributed by atoms with Gasteiger partial charge in [-0.15, -0.1) is 0 Å². The number of ether oxygens (including phenoxy) is 1. The van der Waals surface area contributed by atoms with E-state index >= 15 is 0 Å². The monoisotopic (exact) mass is 186 g/mol. The molecule has 0 radical (unpaired) electrons. The Bertz CT molecular complexity index is 314. The summed E-state index contributed by atoms with van der Waals surface area (Å²) in [5.41, 5.74) is 5.29. The number of nitrogens with zero attached hydrogens (tertiary/aromatic N) is 1. The molecule has 1 rings (SSSR count). The minimum Gasteiger partial charge on any atom is -0.493 e. The predicted octanol–water partition coefficient (Wildman–Crippen LogP) is 0.843. The third-order valence-corrected chi connectivity index (χ3v) is 1.60. The molecule has 1 aromatic rings. The molecule has 1 amide bonds. The minimum absolute atomic E-state index is 0.133. The number of primary amides is 1. The Balaban J connectivity index is 3.27. The number of halogens is 1. The summed E-state index contributed by atoms with van der Waals surface area (Å²) in [7, 11) is 1.40. The second kappa shape index (κ2) is 3.40. The van der Waals surface area contributed by atoms with E-state index in [0.29, 0.717) is 0 Å². The standard InChI is InChI=1S/C7H7ClN2O2/c1-12-5-4(7(9)11)2-3-10-6(5)8/h2-3H,1H3,(H2,9,11). The van der Waals surface area contributed by atoms with Gasteiger partial charge in [-0.05, 0) is 6.07 Å². The Labute approximate surface area is 74.3 Å². The van der Waals surface area contributed by atoms with Crippen LogP contribution in [0.5, 0.6) is 5.75 Å². The van der Waals surface area contributed by atoms with E-state index < -0.39 is 5.91 Å². The molecule has 0 aliphatic rings. The summed E-state index contributed by atoms with van der Waals surface area (Å²) in [5.74, 6) is -0.372. The third kappa shape index (κ3) is 1.48. The van der Waals surface area contributed by atoms with Crippen LogP contribution in [-0.2, 0) is 0 Å². The first-order valence-corrected chi connectivity index (χ1v) is 3.53. The smallest absolute Gasteiger partial charge is 0.252 e. The topological polar surface area (TPSA) is 65.2 Å². The first-order valence-electron chi connectivity index (χ1n) is 3.15. The molecule has 1 heterocycles. The highest BCUT2D eigenvalue weighted by Crippen LogP contribution is 2.25. The normalized spacial score (nSPS) is 9.50. The van der Waals surface area contributed by atoms with E-state index in [1.54, 1.807) is 0 Å². The summed E-state index contributed by atoms with van der Waals surface area (Å²) < 4.78 is 4.84. The van der Waals surface area contributed by atoms with Crippen molar-refractivity contribution in [3.8, 4) is 5.75 Å². The molecule has 0 spiro atoms. The van der Waals surface area contributed by atoms with Gasteiger partial charge in [0.25, 0.3) is 5.91 Å². The maximum absolute atomic E-state index is 10.8. The molecular weight excluding hydrogens is 180 g/mol. The van der Waals surface area contributed by atoms with Crippen molar-refractivity contribution in [1.82, 2.24) is 4.98 Å². The summed E-state index contributed by atoms with van der Waals surface area (Å²) in [4.78, 5) is 14.5. The first-order chi connectivity index (χ1) is 5.66. The van der Waals surface area contributed by atoms with Gasteiger partial charge in [-0.2, -0.15) is 0 Å². The molecular formula is C7H7ClN2O2. The SMILES string of the molecule is COc1c(C(N)=O)ccnc1Cl. The Morgan fingerprint density at radius 3 is 2.83 bits per heavy atom. The first kappa shape index (κ1) is 8.80. The second-order valence-corrected chi connectivity index (χ2v) is 2.40. The van der Waals surface area contributed by atoms with Gasteiger partial charge in [-0.1, -0.05) is 11.6 Å². The van der Waals surface area contributed by atoms with Crippen LogP contribution in [0.1, 0.15) is 10.4 Å². The van der Waals surface area contributed by atoms with Gasteiger partial charge < -0.3 is 10.5 Å². The number of hydrogen-bond donors (Lipinski definition) is 1. The summed E-state index contributed by atoms with van der Waals surface area (Å²) in [6.45, 7) is 0. The van der Waals surface area contributed by atoms with Gasteiger partial charge in [-0.3, -0.25) is 4.79 Å². The summed E-state index contributed by atoms with van der Waals surface area (Å²) in [6, 6.07) is 1.45. The Kier molecular flexibility index (Phi) is 2.50. The lowest BCUT2D eigenvalue weighted by Gasteiger charge is -2.04. The van der Waals surface area contributed by atoms with Gasteiger partial charge in [0, 0.05) is 6.20 Å². The molecule has 12 heavy (non-hydrogen) atoms. The van der Waals surface area contributed by atoms with Gasteiger partial charge in [0.2, 0.25) is 0 Å². The zero-order valence-electron chi connectivity index (χ0n) is 6.37. The highest BCUT2D eigenvalue weighted by Gasteiger charge is 2.12. The van der Waals surface area contributed by atoms with E-state index in [-0.39, 0.29) is 16.5 Å². The molecule has 1 aromatic heterocycles. The molecule has 64 valence electrons. The number of rotatable bonds is 2. The largest absolute Gasteiger partial charge is 0.493 e. The van der Waals surface area contributed by atoms with E-state index in [4.69, 9.17) is 22.1 Å². The lowest BCUT2D eigenvalue weighted by molar-refractivity contribution is 0.0997. The molecule has 0 saturated carbocycles. The van der Waals surface area contributed by atoms with Crippen LogP contribution in [-0.4, -0.2) is 18.0 Å². The summed E-state index contributed by atoms with van der Waals surface area (Å²) in [6.07, 6.45) is 1.39. The van der Waals surface area contributed by atoms with Crippen molar-refractivity contribution in [3.63, 3.8) is 0 Å². The van der Waals surface area contributed by atoms with Crippen LogP contribution in [0.15, 0.2) is 12.3 Å². The molecule has 0 aliphatic heterocycles. The van der Waals surface area contributed by atoms with Gasteiger partial charge >= 0.3 is 0 Å². The average molecular weight is 187 g/mol. The van der Waals surface area contributed by atoms with Crippen molar-refractivity contribution in [2.45, 2.75) is 0 Å². The highest BCUT2D eigenvalue weighted by atomic mass is 35.5. The van der Waals surface area contributed by atoms with E-state index in [1.165, 1.54) is 19.4 Å². The fraction of sp³-hybridized carbons (Fsp3) is 0.143. The molecule has 0 unspecified atom stereocenters. The lowest BCUT2D eigenvalue weighted by Crippen LogP contribution is -2.12. The van der Waals surface area contributed by atoms with Crippen molar-refractivity contribution in [2.75, 3.05) is 7.11 Å². The fourth-order valence-corrected chi connectivity index (χ4v) is 1.05. The van der Waals surface area contributed by atoms with Crippen LogP contribution in [0.3, 0.4) is 0 Å². The van der Waals surface area contributed by atoms with Gasteiger partial charge in [0.15, 0.2) is 10.9 Å². The maximum Gasteiger partial charge on any atom is 0.252 e. The Morgan fingerprint density at radius 1 is 1.75 bits per heavy atom. The van der Waals surface area contributed by atoms with Gasteiger partial charge in [-0.25, -0.2) is 4.98 Å². The molecule has 0 atom stereocenters. The summed E-state index contributed by atoms with van der Waals surface area (Å²) >= 11 is 5.63. The van der Waals surface area contributed by atoms with Crippen molar-refractivity contribution in [1.29, 1.82) is 0 Å². The number of amides is 1. The third-order valence-electron chi connectivity index (χ3n) is 1.33. The number of methoxy groups -OCH3 is 1. The number of hydrogen-bond acceptors (Lipinski definition) is 3. The Hall–Kier alpha value is -1.29. The highest BCUT2D eigenvalue weighted by molar-refractivity contribution is 6.31. The number of aromatic nitrogens is 1. The minimum atomic E-state index is -0.587. The van der Waals surface area contributed by atoms with Crippen LogP contribution >= 0.6 is 11.6 Å². The zero-order valence-corrected chi connectivity index (χ0v) is 7.13. The van der Waals surface area contributed by atoms with E-state index in [2.05, 4.69) is 4.98 Å². The zero-order chi connectivity index (χ0) is 9.14. The summed E-state index contributed by atoms with van der Waals surface area (Å²) in [5, 5.41) is 0.133.